The fraction of sp³-hybridized carbons (Fsp3) is 0.188. The first kappa shape index (κ1) is 13.2. The summed E-state index contributed by atoms with van der Waals surface area (Å²) in [6.45, 7) is 0. The van der Waals surface area contributed by atoms with E-state index >= 15 is 0 Å². The van der Waals surface area contributed by atoms with Crippen molar-refractivity contribution < 1.29 is 4.79 Å². The van der Waals surface area contributed by atoms with E-state index in [0.29, 0.717) is 16.3 Å². The summed E-state index contributed by atoms with van der Waals surface area (Å²) >= 11 is 1.35. The van der Waals surface area contributed by atoms with Crippen LogP contribution in [-0.2, 0) is 12.8 Å². The third-order valence-corrected chi connectivity index (χ3v) is 4.99. The van der Waals surface area contributed by atoms with E-state index in [1.807, 2.05) is 0 Å². The first-order chi connectivity index (χ1) is 10.7. The molecule has 3 aromatic heterocycles. The molecule has 110 valence electrons. The van der Waals surface area contributed by atoms with Gasteiger partial charge in [-0.1, -0.05) is 0 Å². The third kappa shape index (κ3) is 2.12. The van der Waals surface area contributed by atoms with E-state index in [2.05, 4.69) is 21.4 Å². The number of carbonyl (C=O) groups is 1. The number of thiophene rings is 1. The molecule has 6 heteroatoms. The highest BCUT2D eigenvalue weighted by atomic mass is 32.1. The molecular formula is C16H14N4OS. The monoisotopic (exact) mass is 310 g/mol. The number of nitrogens with zero attached hydrogens (tertiary/aromatic N) is 2. The van der Waals surface area contributed by atoms with Gasteiger partial charge in [0.2, 0.25) is 0 Å². The summed E-state index contributed by atoms with van der Waals surface area (Å²) in [6.07, 6.45) is 6.47. The average Bonchev–Trinajstić information content (AvgIpc) is 3.11. The first-order valence-corrected chi connectivity index (χ1v) is 7.96. The van der Waals surface area contributed by atoms with Crippen molar-refractivity contribution in [3.63, 3.8) is 0 Å². The topological polar surface area (TPSA) is 80.9 Å². The van der Waals surface area contributed by atoms with Gasteiger partial charge in [-0.2, -0.15) is 0 Å². The Labute approximate surface area is 131 Å². The molecule has 0 saturated heterocycles. The number of nitrogen functional groups attached to an aromatic ring is 1. The molecule has 0 unspecified atom stereocenters. The molecule has 3 heterocycles. The molecule has 0 saturated carbocycles. The van der Waals surface area contributed by atoms with Crippen LogP contribution in [0.2, 0.25) is 0 Å². The summed E-state index contributed by atoms with van der Waals surface area (Å²) in [7, 11) is 0. The molecule has 4 rings (SSSR count). The van der Waals surface area contributed by atoms with E-state index in [1.165, 1.54) is 16.9 Å². The predicted octanol–water partition coefficient (Wildman–Crippen LogP) is 3.01. The molecule has 1 aliphatic rings. The summed E-state index contributed by atoms with van der Waals surface area (Å²) in [4.78, 5) is 22.4. The highest BCUT2D eigenvalue weighted by Gasteiger charge is 2.21. The van der Waals surface area contributed by atoms with Gasteiger partial charge >= 0.3 is 0 Å². The van der Waals surface area contributed by atoms with Crippen LogP contribution in [0.1, 0.15) is 27.3 Å². The predicted molar refractivity (Wildman–Crippen MR) is 88.2 cm³/mol. The van der Waals surface area contributed by atoms with Gasteiger partial charge in [0.25, 0.3) is 5.91 Å². The Morgan fingerprint density at radius 3 is 3.09 bits per heavy atom. The Balaban J connectivity index is 1.73. The molecule has 0 aliphatic heterocycles. The van der Waals surface area contributed by atoms with E-state index in [-0.39, 0.29) is 5.91 Å². The number of anilines is 2. The van der Waals surface area contributed by atoms with Crippen molar-refractivity contribution >= 4 is 38.8 Å². The highest BCUT2D eigenvalue weighted by Crippen LogP contribution is 2.36. The van der Waals surface area contributed by atoms with Crippen molar-refractivity contribution in [3.8, 4) is 0 Å². The van der Waals surface area contributed by atoms with Crippen molar-refractivity contribution in [1.29, 1.82) is 0 Å². The minimum atomic E-state index is -0.214. The third-order valence-electron chi connectivity index (χ3n) is 3.88. The van der Waals surface area contributed by atoms with Crippen LogP contribution in [0.5, 0.6) is 0 Å². The number of carbonyl (C=O) groups excluding carboxylic acids is 1. The standard InChI is InChI=1S/C16H14N4OS/c17-13-11-7-9-3-1-5-12(9)20-16(11)22-14(13)15(21)19-10-4-2-6-18-8-10/h2,4,6-8H,1,3,5,17H2,(H,19,21). The molecule has 0 aromatic carbocycles. The maximum atomic E-state index is 12.4. The molecule has 0 bridgehead atoms. The Morgan fingerprint density at radius 2 is 2.27 bits per heavy atom. The lowest BCUT2D eigenvalue weighted by molar-refractivity contribution is 0.103. The zero-order chi connectivity index (χ0) is 15.1. The second kappa shape index (κ2) is 5.06. The van der Waals surface area contributed by atoms with Crippen LogP contribution in [0.25, 0.3) is 10.2 Å². The van der Waals surface area contributed by atoms with Gasteiger partial charge < -0.3 is 11.1 Å². The minimum Gasteiger partial charge on any atom is -0.397 e. The van der Waals surface area contributed by atoms with Gasteiger partial charge in [-0.25, -0.2) is 4.98 Å². The Bertz CT molecular complexity index is 873. The normalized spacial score (nSPS) is 13.3. The Kier molecular flexibility index (Phi) is 3.04. The van der Waals surface area contributed by atoms with Crippen LogP contribution in [0.4, 0.5) is 11.4 Å². The lowest BCUT2D eigenvalue weighted by Gasteiger charge is -2.03. The van der Waals surface area contributed by atoms with Gasteiger partial charge in [0.15, 0.2) is 0 Å². The lowest BCUT2D eigenvalue weighted by atomic mass is 10.1. The molecule has 3 aromatic rings. The molecule has 1 aliphatic carbocycles. The molecule has 5 nitrogen and oxygen atoms in total. The van der Waals surface area contributed by atoms with E-state index in [0.717, 1.165) is 35.2 Å². The Morgan fingerprint density at radius 1 is 1.36 bits per heavy atom. The number of amides is 1. The second-order valence-electron chi connectivity index (χ2n) is 5.34. The summed E-state index contributed by atoms with van der Waals surface area (Å²) in [5.41, 5.74) is 9.76. The van der Waals surface area contributed by atoms with Crippen LogP contribution in [0, 0.1) is 0 Å². The zero-order valence-electron chi connectivity index (χ0n) is 11.8. The number of pyridine rings is 2. The first-order valence-electron chi connectivity index (χ1n) is 7.14. The molecule has 3 N–H and O–H groups in total. The number of aromatic nitrogens is 2. The fourth-order valence-electron chi connectivity index (χ4n) is 2.79. The smallest absolute Gasteiger partial charge is 0.267 e. The van der Waals surface area contributed by atoms with E-state index in [9.17, 15) is 4.79 Å². The summed E-state index contributed by atoms with van der Waals surface area (Å²) in [5, 5.41) is 3.71. The van der Waals surface area contributed by atoms with Crippen LogP contribution in [0.3, 0.4) is 0 Å². The summed E-state index contributed by atoms with van der Waals surface area (Å²) in [6, 6.07) is 5.66. The highest BCUT2D eigenvalue weighted by molar-refractivity contribution is 7.21. The molecular weight excluding hydrogens is 296 g/mol. The minimum absolute atomic E-state index is 0.214. The van der Waals surface area contributed by atoms with Crippen LogP contribution in [-0.4, -0.2) is 15.9 Å². The van der Waals surface area contributed by atoms with E-state index in [1.54, 1.807) is 24.5 Å². The van der Waals surface area contributed by atoms with Gasteiger partial charge in [0, 0.05) is 17.3 Å². The van der Waals surface area contributed by atoms with Crippen molar-refractivity contribution in [2.45, 2.75) is 19.3 Å². The number of nitrogens with one attached hydrogen (secondary N) is 1. The van der Waals surface area contributed by atoms with Crippen molar-refractivity contribution in [3.05, 3.63) is 46.7 Å². The quantitative estimate of drug-likeness (QED) is 0.762. The SMILES string of the molecule is Nc1c(C(=O)Nc2cccnc2)sc2nc3c(cc12)CCC3. The van der Waals surface area contributed by atoms with Crippen molar-refractivity contribution in [2.24, 2.45) is 0 Å². The van der Waals surface area contributed by atoms with Gasteiger partial charge in [-0.3, -0.25) is 9.78 Å². The fourth-order valence-corrected chi connectivity index (χ4v) is 3.78. The van der Waals surface area contributed by atoms with Gasteiger partial charge in [-0.15, -0.1) is 11.3 Å². The molecule has 1 amide bonds. The number of aryl methyl sites for hydroxylation is 2. The number of rotatable bonds is 2. The van der Waals surface area contributed by atoms with Crippen molar-refractivity contribution in [2.75, 3.05) is 11.1 Å². The number of fused-ring (bicyclic) bond motifs is 2. The largest absolute Gasteiger partial charge is 0.397 e. The second-order valence-corrected chi connectivity index (χ2v) is 6.34. The van der Waals surface area contributed by atoms with Crippen molar-refractivity contribution in [1.82, 2.24) is 9.97 Å². The number of nitrogens with two attached hydrogens (primary N) is 1. The van der Waals surface area contributed by atoms with Gasteiger partial charge in [0.1, 0.15) is 9.71 Å². The van der Waals surface area contributed by atoms with Crippen LogP contribution in [0.15, 0.2) is 30.6 Å². The number of hydrogen-bond acceptors (Lipinski definition) is 5. The lowest BCUT2D eigenvalue weighted by Crippen LogP contribution is -2.11. The number of hydrogen-bond donors (Lipinski definition) is 2. The molecule has 0 radical (unpaired) electrons. The van der Waals surface area contributed by atoms with Gasteiger partial charge in [-0.05, 0) is 43.0 Å². The zero-order valence-corrected chi connectivity index (χ0v) is 12.6. The summed E-state index contributed by atoms with van der Waals surface area (Å²) in [5.74, 6) is -0.214. The molecule has 0 fully saturated rings. The van der Waals surface area contributed by atoms with E-state index < -0.39 is 0 Å². The maximum absolute atomic E-state index is 12.4. The molecule has 0 spiro atoms. The van der Waals surface area contributed by atoms with Gasteiger partial charge in [0.05, 0.1) is 17.6 Å². The Hall–Kier alpha value is -2.47. The average molecular weight is 310 g/mol. The maximum Gasteiger partial charge on any atom is 0.267 e. The molecule has 0 atom stereocenters. The molecule has 22 heavy (non-hydrogen) atoms. The van der Waals surface area contributed by atoms with Crippen LogP contribution >= 0.6 is 11.3 Å². The van der Waals surface area contributed by atoms with E-state index in [4.69, 9.17) is 5.73 Å². The summed E-state index contributed by atoms with van der Waals surface area (Å²) < 4.78 is 0. The van der Waals surface area contributed by atoms with Crippen LogP contribution < -0.4 is 11.1 Å².